The van der Waals surface area contributed by atoms with Crippen LogP contribution in [0.1, 0.15) is 53.2 Å². The molecular formula is C22H30N2O3S. The van der Waals surface area contributed by atoms with Gasteiger partial charge in [-0.05, 0) is 61.2 Å². The van der Waals surface area contributed by atoms with E-state index in [1.54, 1.807) is 24.3 Å². The van der Waals surface area contributed by atoms with Crippen LogP contribution < -0.4 is 9.62 Å². The van der Waals surface area contributed by atoms with E-state index in [0.29, 0.717) is 17.8 Å². The summed E-state index contributed by atoms with van der Waals surface area (Å²) in [4.78, 5) is 12.2. The monoisotopic (exact) mass is 402 g/mol. The third-order valence-electron chi connectivity index (χ3n) is 4.79. The van der Waals surface area contributed by atoms with Crippen LogP contribution in [0.5, 0.6) is 0 Å². The molecule has 0 fully saturated rings. The molecule has 2 aromatic carbocycles. The fraction of sp³-hybridized carbons (Fsp3) is 0.409. The first-order valence-corrected chi connectivity index (χ1v) is 11.5. The Morgan fingerprint density at radius 2 is 1.68 bits per heavy atom. The quantitative estimate of drug-likeness (QED) is 0.640. The molecule has 0 atom stereocenters. The van der Waals surface area contributed by atoms with E-state index < -0.39 is 10.0 Å². The van der Waals surface area contributed by atoms with Gasteiger partial charge in [-0.25, -0.2) is 8.42 Å². The van der Waals surface area contributed by atoms with Crippen molar-refractivity contribution in [3.05, 3.63) is 64.7 Å². The minimum Gasteiger partial charge on any atom is -0.352 e. The first-order chi connectivity index (χ1) is 13.2. The summed E-state index contributed by atoms with van der Waals surface area (Å²) in [5.41, 5.74) is 4.21. The number of anilines is 1. The number of rotatable bonds is 9. The van der Waals surface area contributed by atoms with Gasteiger partial charge in [0.2, 0.25) is 10.0 Å². The summed E-state index contributed by atoms with van der Waals surface area (Å²) in [5.74, 6) is -0.100. The fourth-order valence-corrected chi connectivity index (χ4v) is 3.77. The molecule has 0 aromatic heterocycles. The number of aryl methyl sites for hydroxylation is 2. The first-order valence-electron chi connectivity index (χ1n) is 9.64. The summed E-state index contributed by atoms with van der Waals surface area (Å²) in [7, 11) is -3.44. The van der Waals surface area contributed by atoms with Crippen molar-refractivity contribution in [2.45, 2.75) is 46.6 Å². The van der Waals surface area contributed by atoms with Gasteiger partial charge in [-0.1, -0.05) is 38.0 Å². The Balaban J connectivity index is 2.13. The predicted molar refractivity (Wildman–Crippen MR) is 115 cm³/mol. The Morgan fingerprint density at radius 3 is 2.25 bits per heavy atom. The normalized spacial score (nSPS) is 11.3. The lowest BCUT2D eigenvalue weighted by Crippen LogP contribution is -2.29. The van der Waals surface area contributed by atoms with Gasteiger partial charge in [-0.3, -0.25) is 9.10 Å². The van der Waals surface area contributed by atoms with E-state index >= 15 is 0 Å². The van der Waals surface area contributed by atoms with Crippen molar-refractivity contribution in [2.24, 2.45) is 0 Å². The summed E-state index contributed by atoms with van der Waals surface area (Å²) in [6.07, 6.45) is 4.39. The van der Waals surface area contributed by atoms with E-state index in [1.165, 1.54) is 10.6 Å². The molecular weight excluding hydrogens is 372 g/mol. The van der Waals surface area contributed by atoms with Crippen LogP contribution >= 0.6 is 0 Å². The standard InChI is InChI=1S/C22H30N2O3S/c1-5-6-7-14-23-22(25)20-11-9-19(10-12-20)16-24(28(4,26)27)21-13-8-17(2)18(3)15-21/h8-13,15H,5-7,14,16H2,1-4H3,(H,23,25). The molecule has 0 radical (unpaired) electrons. The average Bonchev–Trinajstić information content (AvgIpc) is 2.65. The van der Waals surface area contributed by atoms with Crippen molar-refractivity contribution in [3.8, 4) is 0 Å². The topological polar surface area (TPSA) is 66.5 Å². The SMILES string of the molecule is CCCCCNC(=O)c1ccc(CN(c2ccc(C)c(C)c2)S(C)(=O)=O)cc1. The van der Waals surface area contributed by atoms with Gasteiger partial charge in [0.1, 0.15) is 0 Å². The van der Waals surface area contributed by atoms with Crippen LogP contribution in [0, 0.1) is 13.8 Å². The van der Waals surface area contributed by atoms with Crippen LogP contribution in [0.2, 0.25) is 0 Å². The van der Waals surface area contributed by atoms with Crippen LogP contribution in [-0.2, 0) is 16.6 Å². The molecule has 0 aliphatic carbocycles. The maximum Gasteiger partial charge on any atom is 0.251 e. The number of carbonyl (C=O) groups excluding carboxylic acids is 1. The third-order valence-corrected chi connectivity index (χ3v) is 5.93. The second-order valence-electron chi connectivity index (χ2n) is 7.20. The van der Waals surface area contributed by atoms with Gasteiger partial charge in [-0.15, -0.1) is 0 Å². The van der Waals surface area contributed by atoms with Crippen molar-refractivity contribution in [3.63, 3.8) is 0 Å². The van der Waals surface area contributed by atoms with Crippen LogP contribution in [-0.4, -0.2) is 27.1 Å². The number of unbranched alkanes of at least 4 members (excludes halogenated alkanes) is 2. The van der Waals surface area contributed by atoms with Crippen molar-refractivity contribution in [2.75, 3.05) is 17.1 Å². The van der Waals surface area contributed by atoms with E-state index in [-0.39, 0.29) is 12.5 Å². The smallest absolute Gasteiger partial charge is 0.251 e. The molecule has 0 unspecified atom stereocenters. The molecule has 0 aliphatic heterocycles. The number of hydrogen-bond acceptors (Lipinski definition) is 3. The molecule has 0 saturated carbocycles. The molecule has 28 heavy (non-hydrogen) atoms. The van der Waals surface area contributed by atoms with E-state index in [1.807, 2.05) is 32.0 Å². The predicted octanol–water partition coefficient (Wildman–Crippen LogP) is 4.19. The highest BCUT2D eigenvalue weighted by molar-refractivity contribution is 7.92. The number of hydrogen-bond donors (Lipinski definition) is 1. The average molecular weight is 403 g/mol. The number of carbonyl (C=O) groups is 1. The molecule has 1 N–H and O–H groups in total. The number of sulfonamides is 1. The summed E-state index contributed by atoms with van der Waals surface area (Å²) >= 11 is 0. The Morgan fingerprint density at radius 1 is 1.00 bits per heavy atom. The van der Waals surface area contributed by atoms with Gasteiger partial charge < -0.3 is 5.32 Å². The van der Waals surface area contributed by atoms with Crippen LogP contribution in [0.3, 0.4) is 0 Å². The van der Waals surface area contributed by atoms with Gasteiger partial charge in [-0.2, -0.15) is 0 Å². The van der Waals surface area contributed by atoms with Crippen molar-refractivity contribution in [1.29, 1.82) is 0 Å². The van der Waals surface area contributed by atoms with Crippen LogP contribution in [0.15, 0.2) is 42.5 Å². The Labute approximate surface area is 168 Å². The fourth-order valence-electron chi connectivity index (χ4n) is 2.89. The zero-order chi connectivity index (χ0) is 20.7. The lowest BCUT2D eigenvalue weighted by atomic mass is 10.1. The van der Waals surface area contributed by atoms with Crippen molar-refractivity contribution < 1.29 is 13.2 Å². The van der Waals surface area contributed by atoms with E-state index in [4.69, 9.17) is 0 Å². The number of nitrogens with one attached hydrogen (secondary N) is 1. The zero-order valence-corrected chi connectivity index (χ0v) is 18.0. The second kappa shape index (κ2) is 9.73. The lowest BCUT2D eigenvalue weighted by molar-refractivity contribution is 0.0953. The maximum atomic E-state index is 12.3. The molecule has 0 heterocycles. The first kappa shape index (κ1) is 22.0. The molecule has 2 rings (SSSR count). The lowest BCUT2D eigenvalue weighted by Gasteiger charge is -2.23. The maximum absolute atomic E-state index is 12.3. The Kier molecular flexibility index (Phi) is 7.63. The van der Waals surface area contributed by atoms with Gasteiger partial charge in [0.15, 0.2) is 0 Å². The van der Waals surface area contributed by atoms with Crippen molar-refractivity contribution >= 4 is 21.6 Å². The summed E-state index contributed by atoms with van der Waals surface area (Å²) in [6.45, 7) is 6.98. The minimum absolute atomic E-state index is 0.100. The molecule has 1 amide bonds. The summed E-state index contributed by atoms with van der Waals surface area (Å²) in [6, 6.07) is 12.7. The van der Waals surface area contributed by atoms with E-state index in [2.05, 4.69) is 12.2 Å². The molecule has 0 bridgehead atoms. The molecule has 0 saturated heterocycles. The van der Waals surface area contributed by atoms with E-state index in [0.717, 1.165) is 36.0 Å². The van der Waals surface area contributed by atoms with Gasteiger partial charge in [0.25, 0.3) is 5.91 Å². The Bertz CT molecular complexity index is 906. The second-order valence-corrected chi connectivity index (χ2v) is 9.10. The number of nitrogens with zero attached hydrogens (tertiary/aromatic N) is 1. The summed E-state index contributed by atoms with van der Waals surface area (Å²) < 4.78 is 26.1. The molecule has 2 aromatic rings. The van der Waals surface area contributed by atoms with Crippen molar-refractivity contribution in [1.82, 2.24) is 5.32 Å². The number of amides is 1. The Hall–Kier alpha value is -2.34. The number of benzene rings is 2. The third kappa shape index (κ3) is 6.09. The molecule has 0 aliphatic rings. The van der Waals surface area contributed by atoms with Gasteiger partial charge in [0, 0.05) is 12.1 Å². The molecule has 152 valence electrons. The largest absolute Gasteiger partial charge is 0.352 e. The minimum atomic E-state index is -3.44. The molecule has 6 heteroatoms. The van der Waals surface area contributed by atoms with Gasteiger partial charge in [0.05, 0.1) is 18.5 Å². The molecule has 0 spiro atoms. The highest BCUT2D eigenvalue weighted by atomic mass is 32.2. The van der Waals surface area contributed by atoms with Crippen LogP contribution in [0.25, 0.3) is 0 Å². The van der Waals surface area contributed by atoms with Crippen LogP contribution in [0.4, 0.5) is 5.69 Å². The zero-order valence-electron chi connectivity index (χ0n) is 17.2. The highest BCUT2D eigenvalue weighted by Gasteiger charge is 2.18. The van der Waals surface area contributed by atoms with Gasteiger partial charge >= 0.3 is 0 Å². The molecule has 5 nitrogen and oxygen atoms in total. The summed E-state index contributed by atoms with van der Waals surface area (Å²) in [5, 5.41) is 2.91. The highest BCUT2D eigenvalue weighted by Crippen LogP contribution is 2.23. The van der Waals surface area contributed by atoms with E-state index in [9.17, 15) is 13.2 Å².